The van der Waals surface area contributed by atoms with Crippen LogP contribution in [0.3, 0.4) is 0 Å². The average Bonchev–Trinajstić information content (AvgIpc) is 3.53. The van der Waals surface area contributed by atoms with Crippen molar-refractivity contribution in [3.05, 3.63) is 192 Å². The lowest BCUT2D eigenvalue weighted by Gasteiger charge is -2.21. The molecule has 0 spiro atoms. The van der Waals surface area contributed by atoms with Crippen molar-refractivity contribution in [2.75, 3.05) is 0 Å². The Balaban J connectivity index is 1.39. The summed E-state index contributed by atoms with van der Waals surface area (Å²) in [5, 5.41) is 5.16. The van der Waals surface area contributed by atoms with Crippen LogP contribution in [0, 0.1) is 0 Å². The summed E-state index contributed by atoms with van der Waals surface area (Å²) in [4.78, 5) is 0. The first-order valence-electron chi connectivity index (χ1n) is 18.5. The topological polar surface area (TPSA) is 0 Å². The summed E-state index contributed by atoms with van der Waals surface area (Å²) < 4.78 is 0. The van der Waals surface area contributed by atoms with Gasteiger partial charge in [-0.25, -0.2) is 0 Å². The maximum absolute atomic E-state index is 2.48. The summed E-state index contributed by atoms with van der Waals surface area (Å²) in [6.45, 7) is 6.67. The number of hydrogen-bond acceptors (Lipinski definition) is 0. The van der Waals surface area contributed by atoms with E-state index in [2.05, 4.69) is 197 Å². The van der Waals surface area contributed by atoms with Crippen molar-refractivity contribution >= 4 is 33.2 Å². The van der Waals surface area contributed by atoms with E-state index in [4.69, 9.17) is 0 Å². The normalized spacial score (nSPS) is 12.4. The fourth-order valence-corrected chi connectivity index (χ4v) is 8.57. The van der Waals surface area contributed by atoms with Gasteiger partial charge in [-0.3, -0.25) is 0 Å². The zero-order valence-corrected chi connectivity index (χ0v) is 30.0. The number of allylic oxidation sites excluding steroid dienone is 2. The van der Waals surface area contributed by atoms with Gasteiger partial charge in [-0.15, -0.1) is 0 Å². The minimum absolute atomic E-state index is 0.989. The van der Waals surface area contributed by atoms with Gasteiger partial charge in [-0.2, -0.15) is 0 Å². The lowest BCUT2D eigenvalue weighted by molar-refractivity contribution is 1.10. The van der Waals surface area contributed by atoms with Crippen molar-refractivity contribution in [3.63, 3.8) is 0 Å². The standard InChI is InChI=1S/C52H40/c1-4-19-41-40(29-18-30-42(41)47(34(3)5-2)35-20-9-6-10-21-35)39-32-38-26-17-31-45-48(38)46(33-39)52-50(37-24-13-8-14-25-37)44-28-16-15-27-43(44)49(51(45)52)36-22-11-7-12-23-36/h4,6-33H,5H2,1-3H3/b19-4-,47-34?. The molecule has 0 bridgehead atoms. The summed E-state index contributed by atoms with van der Waals surface area (Å²) >= 11 is 0. The van der Waals surface area contributed by atoms with Gasteiger partial charge in [0.05, 0.1) is 0 Å². The Hall–Kier alpha value is -6.24. The highest BCUT2D eigenvalue weighted by Crippen LogP contribution is 2.58. The molecule has 0 fully saturated rings. The number of benzene rings is 8. The summed E-state index contributed by atoms with van der Waals surface area (Å²) in [6, 6.07) is 60.5. The third-order valence-corrected chi connectivity index (χ3v) is 10.9. The fourth-order valence-electron chi connectivity index (χ4n) is 8.57. The molecule has 0 amide bonds. The maximum Gasteiger partial charge on any atom is -0.000720 e. The van der Waals surface area contributed by atoms with Crippen molar-refractivity contribution in [3.8, 4) is 55.6 Å². The van der Waals surface area contributed by atoms with Crippen LogP contribution < -0.4 is 0 Å². The van der Waals surface area contributed by atoms with E-state index in [0.717, 1.165) is 6.42 Å². The van der Waals surface area contributed by atoms with E-state index in [0.29, 0.717) is 0 Å². The van der Waals surface area contributed by atoms with Crippen molar-refractivity contribution < 1.29 is 0 Å². The Morgan fingerprint density at radius 3 is 1.67 bits per heavy atom. The Labute approximate surface area is 307 Å². The van der Waals surface area contributed by atoms with Crippen LogP contribution in [0.1, 0.15) is 43.9 Å². The van der Waals surface area contributed by atoms with Gasteiger partial charge in [0, 0.05) is 0 Å². The molecular formula is C52H40. The van der Waals surface area contributed by atoms with Crippen LogP contribution in [0.4, 0.5) is 0 Å². The van der Waals surface area contributed by atoms with E-state index in [1.165, 1.54) is 105 Å². The highest BCUT2D eigenvalue weighted by Gasteiger charge is 2.31. The predicted octanol–water partition coefficient (Wildman–Crippen LogP) is 14.9. The molecule has 0 heteroatoms. The molecule has 0 aromatic heterocycles. The molecule has 52 heavy (non-hydrogen) atoms. The number of rotatable bonds is 7. The molecule has 1 aliphatic carbocycles. The van der Waals surface area contributed by atoms with Gasteiger partial charge in [0.15, 0.2) is 0 Å². The zero-order valence-electron chi connectivity index (χ0n) is 30.0. The average molecular weight is 665 g/mol. The molecule has 1 aliphatic rings. The highest BCUT2D eigenvalue weighted by molar-refractivity contribution is 6.28. The van der Waals surface area contributed by atoms with Crippen LogP contribution in [-0.4, -0.2) is 0 Å². The molecule has 0 radical (unpaired) electrons. The van der Waals surface area contributed by atoms with Crippen LogP contribution in [0.15, 0.2) is 175 Å². The van der Waals surface area contributed by atoms with Gasteiger partial charge in [0.25, 0.3) is 0 Å². The van der Waals surface area contributed by atoms with Crippen LogP contribution in [-0.2, 0) is 0 Å². The van der Waals surface area contributed by atoms with Gasteiger partial charge in [-0.05, 0) is 132 Å². The molecule has 0 saturated heterocycles. The molecule has 9 rings (SSSR count). The smallest absolute Gasteiger partial charge is 0.000720 e. The number of hydrogen-bond donors (Lipinski definition) is 0. The monoisotopic (exact) mass is 664 g/mol. The van der Waals surface area contributed by atoms with Crippen LogP contribution in [0.5, 0.6) is 0 Å². The molecule has 8 aromatic rings. The Bertz CT molecular complexity index is 2690. The van der Waals surface area contributed by atoms with E-state index in [-0.39, 0.29) is 0 Å². The Morgan fingerprint density at radius 1 is 0.500 bits per heavy atom. The highest BCUT2D eigenvalue weighted by atomic mass is 14.3. The van der Waals surface area contributed by atoms with Crippen molar-refractivity contribution in [1.29, 1.82) is 0 Å². The SMILES string of the molecule is C/C=C\c1c(C(=C(C)CC)c2ccccc2)cccc1-c1cc2c3c(cccc3c1)-c1c-2c(-c2ccccc2)c2ccccc2c1-c1ccccc1. The molecule has 0 unspecified atom stereocenters. The van der Waals surface area contributed by atoms with E-state index in [9.17, 15) is 0 Å². The summed E-state index contributed by atoms with van der Waals surface area (Å²) in [5.74, 6) is 0. The summed E-state index contributed by atoms with van der Waals surface area (Å²) in [6.07, 6.45) is 5.48. The largest absolute Gasteiger partial charge is 0.0870 e. The Kier molecular flexibility index (Phi) is 8.02. The third-order valence-electron chi connectivity index (χ3n) is 10.9. The molecule has 248 valence electrons. The van der Waals surface area contributed by atoms with Crippen molar-refractivity contribution in [2.45, 2.75) is 27.2 Å². The second-order valence-corrected chi connectivity index (χ2v) is 13.8. The minimum atomic E-state index is 0.989. The predicted molar refractivity (Wildman–Crippen MR) is 225 cm³/mol. The first-order valence-corrected chi connectivity index (χ1v) is 18.5. The molecule has 8 aromatic carbocycles. The maximum atomic E-state index is 2.48. The van der Waals surface area contributed by atoms with Gasteiger partial charge >= 0.3 is 0 Å². The van der Waals surface area contributed by atoms with E-state index in [1.54, 1.807) is 0 Å². The third kappa shape index (κ3) is 5.06. The molecule has 0 saturated carbocycles. The molecule has 0 N–H and O–H groups in total. The Morgan fingerprint density at radius 2 is 1.06 bits per heavy atom. The van der Waals surface area contributed by atoms with E-state index in [1.807, 2.05) is 0 Å². The fraction of sp³-hybridized carbons (Fsp3) is 0.0769. The number of fused-ring (bicyclic) bond motifs is 4. The second-order valence-electron chi connectivity index (χ2n) is 13.8. The first kappa shape index (κ1) is 31.7. The summed E-state index contributed by atoms with van der Waals surface area (Å²) in [5.41, 5.74) is 19.3. The molecule has 0 atom stereocenters. The van der Waals surface area contributed by atoms with Crippen molar-refractivity contribution in [1.82, 2.24) is 0 Å². The van der Waals surface area contributed by atoms with Gasteiger partial charge in [0.2, 0.25) is 0 Å². The van der Waals surface area contributed by atoms with Gasteiger partial charge in [0.1, 0.15) is 0 Å². The quantitative estimate of drug-likeness (QED) is 0.159. The van der Waals surface area contributed by atoms with Crippen molar-refractivity contribution in [2.24, 2.45) is 0 Å². The minimum Gasteiger partial charge on any atom is -0.0870 e. The molecule has 0 nitrogen and oxygen atoms in total. The van der Waals surface area contributed by atoms with Crippen LogP contribution in [0.2, 0.25) is 0 Å². The lowest BCUT2D eigenvalue weighted by Crippen LogP contribution is -1.98. The summed E-state index contributed by atoms with van der Waals surface area (Å²) in [7, 11) is 0. The van der Waals surface area contributed by atoms with Gasteiger partial charge < -0.3 is 0 Å². The molecule has 0 aliphatic heterocycles. The molecule has 0 heterocycles. The van der Waals surface area contributed by atoms with Crippen LogP contribution >= 0.6 is 0 Å². The van der Waals surface area contributed by atoms with E-state index >= 15 is 0 Å². The second kappa shape index (κ2) is 13.1. The zero-order chi connectivity index (χ0) is 35.2. The lowest BCUT2D eigenvalue weighted by atomic mass is 9.82. The first-order chi connectivity index (χ1) is 25.7. The van der Waals surface area contributed by atoms with Crippen LogP contribution in [0.25, 0.3) is 88.8 Å². The van der Waals surface area contributed by atoms with E-state index < -0.39 is 0 Å². The molecular weight excluding hydrogens is 625 g/mol. The van der Waals surface area contributed by atoms with Gasteiger partial charge in [-0.1, -0.05) is 176 Å².